The van der Waals surface area contributed by atoms with E-state index in [0.717, 1.165) is 17.4 Å². The second-order valence-electron chi connectivity index (χ2n) is 7.03. The minimum atomic E-state index is -0.274. The maximum absolute atomic E-state index is 12.4. The lowest BCUT2D eigenvalue weighted by Gasteiger charge is -2.16. The molecular weight excluding hydrogens is 364 g/mol. The van der Waals surface area contributed by atoms with Crippen molar-refractivity contribution >= 4 is 22.8 Å². The number of hydrogen-bond acceptors (Lipinski definition) is 7. The predicted octanol–water partition coefficient (Wildman–Crippen LogP) is 1.86. The molecule has 9 nitrogen and oxygen atoms in total. The van der Waals surface area contributed by atoms with E-state index in [1.165, 1.54) is 10.9 Å². The normalized spacial score (nSPS) is 12.0. The third-order valence-corrected chi connectivity index (χ3v) is 4.79. The van der Waals surface area contributed by atoms with Crippen molar-refractivity contribution in [2.75, 3.05) is 5.84 Å². The summed E-state index contributed by atoms with van der Waals surface area (Å²) in [6.07, 6.45) is 1.51. The molecule has 0 radical (unpaired) electrons. The van der Waals surface area contributed by atoms with Gasteiger partial charge in [0.15, 0.2) is 16.6 Å². The first kappa shape index (κ1) is 17.3. The van der Waals surface area contributed by atoms with Crippen LogP contribution in [0.5, 0.6) is 0 Å². The van der Waals surface area contributed by atoms with Crippen LogP contribution in [0.3, 0.4) is 0 Å². The number of nitrogens with zero attached hydrogens (tertiary/aromatic N) is 6. The van der Waals surface area contributed by atoms with Gasteiger partial charge in [-0.05, 0) is 23.9 Å². The van der Waals surface area contributed by atoms with E-state index in [0.29, 0.717) is 27.2 Å². The van der Waals surface area contributed by atoms with Gasteiger partial charge in [0.25, 0.3) is 5.56 Å². The lowest BCUT2D eigenvalue weighted by atomic mass is 9.96. The van der Waals surface area contributed by atoms with Crippen molar-refractivity contribution in [2.24, 2.45) is 0 Å². The molecule has 0 spiro atoms. The summed E-state index contributed by atoms with van der Waals surface area (Å²) in [7, 11) is 0. The van der Waals surface area contributed by atoms with Crippen molar-refractivity contribution in [3.8, 4) is 5.69 Å². The fourth-order valence-corrected chi connectivity index (χ4v) is 3.36. The number of nitrogen functional groups attached to an aromatic ring is 1. The Bertz CT molecular complexity index is 1170. The molecule has 3 aromatic heterocycles. The van der Waals surface area contributed by atoms with Gasteiger partial charge in [0.2, 0.25) is 5.16 Å². The number of hydrogen-bond donors (Lipinski definition) is 2. The van der Waals surface area contributed by atoms with Gasteiger partial charge in [0, 0.05) is 5.41 Å². The van der Waals surface area contributed by atoms with Crippen LogP contribution in [-0.4, -0.2) is 34.6 Å². The fraction of sp³-hybridized carbons (Fsp3) is 0.235. The molecule has 0 bridgehead atoms. The van der Waals surface area contributed by atoms with Crippen molar-refractivity contribution < 1.29 is 0 Å². The average molecular weight is 382 g/mol. The van der Waals surface area contributed by atoms with Crippen LogP contribution in [-0.2, 0) is 5.41 Å². The Labute approximate surface area is 158 Å². The lowest BCUT2D eigenvalue weighted by Crippen LogP contribution is -2.24. The topological polar surface area (TPSA) is 120 Å². The van der Waals surface area contributed by atoms with Gasteiger partial charge in [-0.25, -0.2) is 14.3 Å². The SMILES string of the molecule is CC(C)(C)c1nnc(Sc2nc3c(cnn3-c3ccccc3)c(=O)[nH]2)n1N. The summed E-state index contributed by atoms with van der Waals surface area (Å²) >= 11 is 1.14. The maximum atomic E-state index is 12.4. The number of benzene rings is 1. The van der Waals surface area contributed by atoms with Crippen LogP contribution in [0.1, 0.15) is 26.6 Å². The van der Waals surface area contributed by atoms with Gasteiger partial charge in [-0.2, -0.15) is 5.10 Å². The third kappa shape index (κ3) is 3.08. The molecule has 10 heteroatoms. The second-order valence-corrected chi connectivity index (χ2v) is 7.98. The first-order valence-corrected chi connectivity index (χ1v) is 9.08. The minimum absolute atomic E-state index is 0.253. The van der Waals surface area contributed by atoms with Gasteiger partial charge in [-0.3, -0.25) is 4.79 Å². The van der Waals surface area contributed by atoms with Crippen molar-refractivity contribution in [2.45, 2.75) is 36.5 Å². The Balaban J connectivity index is 1.78. The highest BCUT2D eigenvalue weighted by atomic mass is 32.2. The number of aromatic nitrogens is 7. The summed E-state index contributed by atoms with van der Waals surface area (Å²) in [6, 6.07) is 9.51. The van der Waals surface area contributed by atoms with Crippen LogP contribution < -0.4 is 11.4 Å². The number of para-hydroxylation sites is 1. The van der Waals surface area contributed by atoms with E-state index in [1.54, 1.807) is 4.68 Å². The van der Waals surface area contributed by atoms with Gasteiger partial charge in [0.05, 0.1) is 11.9 Å². The molecule has 0 aliphatic carbocycles. The molecule has 0 fully saturated rings. The van der Waals surface area contributed by atoms with E-state index in [-0.39, 0.29) is 11.0 Å². The largest absolute Gasteiger partial charge is 0.336 e. The summed E-state index contributed by atoms with van der Waals surface area (Å²) in [4.78, 5) is 19.7. The lowest BCUT2D eigenvalue weighted by molar-refractivity contribution is 0.523. The molecule has 3 heterocycles. The van der Waals surface area contributed by atoms with E-state index in [1.807, 2.05) is 51.1 Å². The smallest absolute Gasteiger partial charge is 0.262 e. The highest BCUT2D eigenvalue weighted by Gasteiger charge is 2.24. The number of aromatic amines is 1. The zero-order chi connectivity index (χ0) is 19.2. The fourth-order valence-electron chi connectivity index (χ4n) is 2.65. The van der Waals surface area contributed by atoms with Crippen LogP contribution in [0.25, 0.3) is 16.7 Å². The molecule has 4 aromatic rings. The Kier molecular flexibility index (Phi) is 3.99. The van der Waals surface area contributed by atoms with Crippen LogP contribution in [0, 0.1) is 0 Å². The number of rotatable bonds is 3. The number of nitrogens with one attached hydrogen (secondary N) is 1. The quantitative estimate of drug-likeness (QED) is 0.410. The molecule has 1 aromatic carbocycles. The van der Waals surface area contributed by atoms with Crippen molar-refractivity contribution in [1.82, 2.24) is 34.6 Å². The molecule has 0 aliphatic rings. The highest BCUT2D eigenvalue weighted by molar-refractivity contribution is 7.99. The van der Waals surface area contributed by atoms with E-state index in [4.69, 9.17) is 5.84 Å². The monoisotopic (exact) mass is 382 g/mol. The minimum Gasteiger partial charge on any atom is -0.336 e. The average Bonchev–Trinajstić information content (AvgIpc) is 3.20. The van der Waals surface area contributed by atoms with Gasteiger partial charge < -0.3 is 10.8 Å². The molecule has 0 aliphatic heterocycles. The third-order valence-electron chi connectivity index (χ3n) is 3.94. The summed E-state index contributed by atoms with van der Waals surface area (Å²) in [5, 5.41) is 13.8. The molecular formula is C17H18N8OS. The van der Waals surface area contributed by atoms with Gasteiger partial charge in [-0.1, -0.05) is 39.0 Å². The van der Waals surface area contributed by atoms with E-state index < -0.39 is 0 Å². The van der Waals surface area contributed by atoms with Crippen molar-refractivity contribution in [3.63, 3.8) is 0 Å². The van der Waals surface area contributed by atoms with Crippen LogP contribution in [0.4, 0.5) is 0 Å². The molecule has 0 saturated heterocycles. The molecule has 0 amide bonds. The Morgan fingerprint density at radius 3 is 2.56 bits per heavy atom. The molecule has 138 valence electrons. The van der Waals surface area contributed by atoms with E-state index in [2.05, 4.69) is 25.3 Å². The summed E-state index contributed by atoms with van der Waals surface area (Å²) in [5.74, 6) is 6.76. The standard InChI is InChI=1S/C17H18N8OS/c1-17(2,3)14-22-23-16(24(14)18)27-15-20-12-11(13(26)21-15)9-19-25(12)10-7-5-4-6-8-10/h4-9H,18H2,1-3H3,(H,20,21,26). The van der Waals surface area contributed by atoms with Crippen LogP contribution in [0.15, 0.2) is 51.6 Å². The molecule has 27 heavy (non-hydrogen) atoms. The molecule has 0 atom stereocenters. The first-order valence-electron chi connectivity index (χ1n) is 8.27. The second kappa shape index (κ2) is 6.23. The number of nitrogens with two attached hydrogens (primary N) is 1. The van der Waals surface area contributed by atoms with Crippen LogP contribution in [0.2, 0.25) is 0 Å². The Morgan fingerprint density at radius 1 is 1.15 bits per heavy atom. The predicted molar refractivity (Wildman–Crippen MR) is 102 cm³/mol. The summed E-state index contributed by atoms with van der Waals surface area (Å²) in [6.45, 7) is 6.00. The maximum Gasteiger partial charge on any atom is 0.262 e. The van der Waals surface area contributed by atoms with E-state index >= 15 is 0 Å². The number of fused-ring (bicyclic) bond motifs is 1. The molecule has 4 rings (SSSR count). The Hall–Kier alpha value is -3.14. The first-order chi connectivity index (χ1) is 12.8. The van der Waals surface area contributed by atoms with Crippen molar-refractivity contribution in [1.29, 1.82) is 0 Å². The van der Waals surface area contributed by atoms with Gasteiger partial charge >= 0.3 is 0 Å². The van der Waals surface area contributed by atoms with Gasteiger partial charge in [-0.15, -0.1) is 10.2 Å². The van der Waals surface area contributed by atoms with Crippen molar-refractivity contribution in [3.05, 3.63) is 52.7 Å². The highest BCUT2D eigenvalue weighted by Crippen LogP contribution is 2.27. The number of H-pyrrole nitrogens is 1. The molecule has 0 unspecified atom stereocenters. The zero-order valence-electron chi connectivity index (χ0n) is 15.0. The molecule has 3 N–H and O–H groups in total. The van der Waals surface area contributed by atoms with Crippen LogP contribution >= 0.6 is 11.8 Å². The van der Waals surface area contributed by atoms with E-state index in [9.17, 15) is 4.79 Å². The summed E-state index contributed by atoms with van der Waals surface area (Å²) in [5.41, 5.74) is 0.756. The van der Waals surface area contributed by atoms with Gasteiger partial charge in [0.1, 0.15) is 5.39 Å². The summed E-state index contributed by atoms with van der Waals surface area (Å²) < 4.78 is 3.05. The molecule has 0 saturated carbocycles. The Morgan fingerprint density at radius 2 is 1.89 bits per heavy atom. The zero-order valence-corrected chi connectivity index (χ0v) is 15.9.